The molecule has 0 radical (unpaired) electrons. The van der Waals surface area contributed by atoms with Gasteiger partial charge in [0.05, 0.1) is 34.1 Å². The highest BCUT2D eigenvalue weighted by atomic mass is 35.5. The van der Waals surface area contributed by atoms with Crippen LogP contribution in [0.25, 0.3) is 34.3 Å². The van der Waals surface area contributed by atoms with Crippen molar-refractivity contribution in [2.75, 3.05) is 6.61 Å². The average Bonchev–Trinajstić information content (AvgIpc) is 3.66. The quantitative estimate of drug-likeness (QED) is 0.157. The van der Waals surface area contributed by atoms with Crippen LogP contribution in [0, 0.1) is 0 Å². The first-order valence-corrected chi connectivity index (χ1v) is 16.8. The Kier molecular flexibility index (Phi) is 8.90. The van der Waals surface area contributed by atoms with Crippen molar-refractivity contribution in [2.45, 2.75) is 19.1 Å². The van der Waals surface area contributed by atoms with E-state index in [1.807, 2.05) is 97.1 Å². The van der Waals surface area contributed by atoms with Crippen LogP contribution in [0.1, 0.15) is 24.1 Å². The van der Waals surface area contributed by atoms with Gasteiger partial charge in [0.2, 0.25) is 0 Å². The summed E-state index contributed by atoms with van der Waals surface area (Å²) in [4.78, 5) is 31.4. The molecule has 0 bridgehead atoms. The number of esters is 1. The zero-order chi connectivity index (χ0) is 35.0. The number of para-hydroxylation sites is 1. The molecule has 0 aliphatic carbocycles. The first-order chi connectivity index (χ1) is 24.2. The molecule has 6 aromatic rings. The zero-order valence-corrected chi connectivity index (χ0v) is 28.0. The Hall–Kier alpha value is -5.45. The summed E-state index contributed by atoms with van der Waals surface area (Å²) in [5, 5.41) is 0.337. The number of carbonyl (C=O) groups excluding carboxylic acids is 1. The summed E-state index contributed by atoms with van der Waals surface area (Å²) in [7, 11) is 0. The third-order valence-corrected chi connectivity index (χ3v) is 9.46. The molecule has 0 saturated heterocycles. The number of aromatic nitrogens is 2. The minimum absolute atomic E-state index is 0.136. The van der Waals surface area contributed by atoms with Gasteiger partial charge >= 0.3 is 12.1 Å². The number of ether oxygens (including phenoxy) is 1. The van der Waals surface area contributed by atoms with Crippen LogP contribution in [0.3, 0.4) is 0 Å². The predicted octanol–water partition coefficient (Wildman–Crippen LogP) is 8.12. The van der Waals surface area contributed by atoms with Gasteiger partial charge in [-0.2, -0.15) is 13.2 Å². The molecule has 1 aliphatic rings. The fraction of sp³-hybridized carbons (Fsp3) is 0.103. The number of benzene rings is 4. The number of halogens is 4. The largest absolute Gasteiger partial charge is 0.463 e. The van der Waals surface area contributed by atoms with E-state index in [4.69, 9.17) is 16.3 Å². The molecule has 3 heterocycles. The van der Waals surface area contributed by atoms with Crippen molar-refractivity contribution in [3.8, 4) is 28.2 Å². The van der Waals surface area contributed by atoms with Gasteiger partial charge in [-0.25, -0.2) is 9.79 Å². The van der Waals surface area contributed by atoms with Gasteiger partial charge < -0.3 is 9.30 Å². The van der Waals surface area contributed by atoms with E-state index >= 15 is 0 Å². The van der Waals surface area contributed by atoms with E-state index in [-0.39, 0.29) is 21.5 Å². The van der Waals surface area contributed by atoms with E-state index in [1.54, 1.807) is 6.08 Å². The summed E-state index contributed by atoms with van der Waals surface area (Å²) in [5.41, 5.74) is 2.40. The lowest BCUT2D eigenvalue weighted by Gasteiger charge is -2.26. The minimum Gasteiger partial charge on any atom is -0.463 e. The number of carbonyl (C=O) groups is 1. The molecule has 0 N–H and O–H groups in total. The van der Waals surface area contributed by atoms with Crippen LogP contribution < -0.4 is 14.9 Å². The van der Waals surface area contributed by atoms with Gasteiger partial charge in [0.15, 0.2) is 10.5 Å². The molecule has 0 unspecified atom stereocenters. The van der Waals surface area contributed by atoms with Crippen LogP contribution in [0.4, 0.5) is 13.2 Å². The van der Waals surface area contributed by atoms with Crippen molar-refractivity contribution in [3.05, 3.63) is 168 Å². The Morgan fingerprint density at radius 3 is 2.10 bits per heavy atom. The summed E-state index contributed by atoms with van der Waals surface area (Å²) in [6.45, 7) is 1.32. The van der Waals surface area contributed by atoms with Crippen molar-refractivity contribution >= 4 is 35.0 Å². The molecule has 1 atom stereocenters. The molecule has 0 amide bonds. The summed E-state index contributed by atoms with van der Waals surface area (Å²) < 4.78 is 52.4. The molecule has 250 valence electrons. The van der Waals surface area contributed by atoms with Crippen molar-refractivity contribution in [1.29, 1.82) is 0 Å². The van der Waals surface area contributed by atoms with Crippen LogP contribution in [-0.2, 0) is 9.53 Å². The second-order valence-corrected chi connectivity index (χ2v) is 12.8. The highest BCUT2D eigenvalue weighted by Gasteiger charge is 2.45. The Bertz CT molecular complexity index is 2420. The van der Waals surface area contributed by atoms with Crippen molar-refractivity contribution in [3.63, 3.8) is 0 Å². The highest BCUT2D eigenvalue weighted by Crippen LogP contribution is 2.39. The normalized spacial score (nSPS) is 14.7. The van der Waals surface area contributed by atoms with Crippen molar-refractivity contribution in [1.82, 2.24) is 9.13 Å². The molecule has 0 spiro atoms. The lowest BCUT2D eigenvalue weighted by Crippen LogP contribution is -2.41. The molecule has 11 heteroatoms. The van der Waals surface area contributed by atoms with Crippen LogP contribution >= 0.6 is 22.9 Å². The van der Waals surface area contributed by atoms with Crippen LogP contribution in [-0.4, -0.2) is 27.9 Å². The van der Waals surface area contributed by atoms with Crippen LogP contribution in [0.15, 0.2) is 142 Å². The molecule has 2 aromatic heterocycles. The maximum absolute atomic E-state index is 14.6. The fourth-order valence-electron chi connectivity index (χ4n) is 6.14. The number of thiazole rings is 1. The Morgan fingerprint density at radius 2 is 1.50 bits per heavy atom. The summed E-state index contributed by atoms with van der Waals surface area (Å²) >= 11 is 6.94. The number of rotatable bonds is 7. The van der Waals surface area contributed by atoms with Gasteiger partial charge in [0, 0.05) is 16.3 Å². The second kappa shape index (κ2) is 13.5. The van der Waals surface area contributed by atoms with Gasteiger partial charge in [0.25, 0.3) is 5.56 Å². The van der Waals surface area contributed by atoms with Gasteiger partial charge in [0.1, 0.15) is 0 Å². The van der Waals surface area contributed by atoms with E-state index in [1.165, 1.54) is 31.2 Å². The Morgan fingerprint density at radius 1 is 0.900 bits per heavy atom. The number of fused-ring (bicyclic) bond motifs is 1. The molecule has 0 fully saturated rings. The van der Waals surface area contributed by atoms with Gasteiger partial charge in [-0.15, -0.1) is 0 Å². The summed E-state index contributed by atoms with van der Waals surface area (Å²) in [5.74, 6) is -1.21. The Labute approximate surface area is 293 Å². The second-order valence-electron chi connectivity index (χ2n) is 11.4. The van der Waals surface area contributed by atoms with E-state index < -0.39 is 35.0 Å². The molecule has 7 rings (SSSR count). The zero-order valence-electron chi connectivity index (χ0n) is 26.4. The Balaban J connectivity index is 1.54. The number of alkyl halides is 3. The molecule has 6 nitrogen and oxygen atoms in total. The number of hydrogen-bond donors (Lipinski definition) is 0. The number of nitrogens with zero attached hydrogens (tertiary/aromatic N) is 3. The highest BCUT2D eigenvalue weighted by molar-refractivity contribution is 7.07. The SMILES string of the molecule is CCOC(=O)C1=C(C(F)(F)F)N=c2s/c(=C\c3cc(-c4ccccc4)n(-c4ccccc4)c3-c3ccccc3)c(=O)n2[C@H]1c1ccc(Cl)cc1. The molecular formula is C39H27ClF3N3O3S. The maximum Gasteiger partial charge on any atom is 0.434 e. The first kappa shape index (κ1) is 33.1. The lowest BCUT2D eigenvalue weighted by molar-refractivity contribution is -0.140. The summed E-state index contributed by atoms with van der Waals surface area (Å²) in [6, 6.07) is 35.7. The van der Waals surface area contributed by atoms with Crippen LogP contribution in [0.5, 0.6) is 0 Å². The topological polar surface area (TPSA) is 65.6 Å². The monoisotopic (exact) mass is 709 g/mol. The van der Waals surface area contributed by atoms with E-state index in [0.29, 0.717) is 10.6 Å². The summed E-state index contributed by atoms with van der Waals surface area (Å²) in [6.07, 6.45) is -3.34. The van der Waals surface area contributed by atoms with Gasteiger partial charge in [-0.1, -0.05) is 114 Å². The van der Waals surface area contributed by atoms with Gasteiger partial charge in [-0.3, -0.25) is 9.36 Å². The minimum atomic E-state index is -5.01. The van der Waals surface area contributed by atoms with Crippen molar-refractivity contribution in [2.24, 2.45) is 4.99 Å². The van der Waals surface area contributed by atoms with E-state index in [0.717, 1.165) is 44.1 Å². The lowest BCUT2D eigenvalue weighted by atomic mass is 9.95. The predicted molar refractivity (Wildman–Crippen MR) is 189 cm³/mol. The molecule has 1 aliphatic heterocycles. The smallest absolute Gasteiger partial charge is 0.434 e. The fourth-order valence-corrected chi connectivity index (χ4v) is 7.26. The maximum atomic E-state index is 14.6. The molecule has 4 aromatic carbocycles. The molecule has 0 saturated carbocycles. The standard InChI is InChI=1S/C39H27ClF3N3O3S/c1-2-49-37(48)32-34(26-18-20-28(40)21-19-26)46-36(47)31(50-38(46)44-35(32)39(41,42)43)23-27-22-30(24-12-6-3-7-13-24)45(29-16-10-5-11-17-29)33(27)25-14-8-4-9-15-25/h3-23,34H,2H2,1H3/b31-23-/t34-/m0/s1. The average molecular weight is 710 g/mol. The third-order valence-electron chi connectivity index (χ3n) is 8.23. The van der Waals surface area contributed by atoms with Crippen LogP contribution in [0.2, 0.25) is 5.02 Å². The number of hydrogen-bond acceptors (Lipinski definition) is 5. The van der Waals surface area contributed by atoms with E-state index in [9.17, 15) is 22.8 Å². The molecule has 50 heavy (non-hydrogen) atoms. The van der Waals surface area contributed by atoms with Crippen molar-refractivity contribution < 1.29 is 22.7 Å². The molecular weight excluding hydrogens is 683 g/mol. The van der Waals surface area contributed by atoms with Gasteiger partial charge in [-0.05, 0) is 60.0 Å². The first-order valence-electron chi connectivity index (χ1n) is 15.6. The number of allylic oxidation sites excluding steroid dienone is 1. The third kappa shape index (κ3) is 6.12. The van der Waals surface area contributed by atoms with E-state index in [2.05, 4.69) is 9.56 Å².